The first-order valence-electron chi connectivity index (χ1n) is 6.88. The molecule has 116 valence electrons. The molecule has 0 spiro atoms. The number of carbonyl (C=O) groups is 2. The van der Waals surface area contributed by atoms with E-state index >= 15 is 0 Å². The molecule has 22 heavy (non-hydrogen) atoms. The third-order valence-corrected chi connectivity index (χ3v) is 3.06. The first-order chi connectivity index (χ1) is 10.4. The monoisotopic (exact) mass is 302 g/mol. The van der Waals surface area contributed by atoms with Crippen LogP contribution < -0.4 is 16.0 Å². The summed E-state index contributed by atoms with van der Waals surface area (Å²) in [6.07, 6.45) is 0. The van der Waals surface area contributed by atoms with Crippen LogP contribution in [0.2, 0.25) is 0 Å². The number of aromatic nitrogens is 2. The number of nitrogens with zero attached hydrogens (tertiary/aromatic N) is 2. The molecule has 1 N–H and O–H groups in total. The van der Waals surface area contributed by atoms with Gasteiger partial charge in [0.2, 0.25) is 5.91 Å². The van der Waals surface area contributed by atoms with Crippen LogP contribution in [-0.2, 0) is 11.3 Å². The third-order valence-electron chi connectivity index (χ3n) is 3.06. The van der Waals surface area contributed by atoms with Crippen LogP contribution in [0.5, 0.6) is 0 Å². The lowest BCUT2D eigenvalue weighted by Crippen LogP contribution is -2.37. The molecule has 0 radical (unpaired) electrons. The summed E-state index contributed by atoms with van der Waals surface area (Å²) in [4.78, 5) is 35.3. The molecule has 1 aromatic heterocycles. The summed E-state index contributed by atoms with van der Waals surface area (Å²) in [6.45, 7) is 4.01. The minimum Gasteiger partial charge on any atom is -0.543 e. The number of aromatic carboxylic acids is 1. The summed E-state index contributed by atoms with van der Waals surface area (Å²) in [7, 11) is 0. The van der Waals surface area contributed by atoms with Gasteiger partial charge in [-0.1, -0.05) is 32.0 Å². The van der Waals surface area contributed by atoms with Gasteiger partial charge in [-0.3, -0.25) is 9.59 Å². The molecule has 2 rings (SSSR count). The van der Waals surface area contributed by atoms with Gasteiger partial charge in [-0.2, -0.15) is 5.10 Å². The number of fused-ring (bicyclic) bond motifs is 1. The first kappa shape index (κ1) is 15.7. The number of amides is 1. The largest absolute Gasteiger partial charge is 0.543 e. The van der Waals surface area contributed by atoms with Gasteiger partial charge in [-0.15, -0.1) is 0 Å². The predicted octanol–water partition coefficient (Wildman–Crippen LogP) is -0.468. The van der Waals surface area contributed by atoms with E-state index in [1.54, 1.807) is 12.1 Å². The molecule has 0 atom stereocenters. The van der Waals surface area contributed by atoms with E-state index in [9.17, 15) is 19.5 Å². The molecule has 0 bridgehead atoms. The summed E-state index contributed by atoms with van der Waals surface area (Å²) >= 11 is 0. The molecule has 1 heterocycles. The van der Waals surface area contributed by atoms with Crippen molar-refractivity contribution >= 4 is 22.6 Å². The Morgan fingerprint density at radius 2 is 1.91 bits per heavy atom. The Morgan fingerprint density at radius 3 is 2.50 bits per heavy atom. The zero-order valence-electron chi connectivity index (χ0n) is 12.3. The van der Waals surface area contributed by atoms with Crippen LogP contribution in [0, 0.1) is 5.92 Å². The molecule has 2 aromatic rings. The highest BCUT2D eigenvalue weighted by atomic mass is 16.4. The van der Waals surface area contributed by atoms with Crippen molar-refractivity contribution in [1.82, 2.24) is 15.1 Å². The highest BCUT2D eigenvalue weighted by molar-refractivity contribution is 6.00. The van der Waals surface area contributed by atoms with E-state index in [1.165, 1.54) is 12.1 Å². The number of rotatable bonds is 5. The van der Waals surface area contributed by atoms with Crippen molar-refractivity contribution in [1.29, 1.82) is 0 Å². The fourth-order valence-corrected chi connectivity index (χ4v) is 2.00. The molecular formula is C15H16N3O4-. The number of carbonyl (C=O) groups excluding carboxylic acids is 2. The van der Waals surface area contributed by atoms with E-state index in [2.05, 4.69) is 10.4 Å². The molecule has 0 saturated carbocycles. The zero-order valence-corrected chi connectivity index (χ0v) is 12.3. The van der Waals surface area contributed by atoms with Gasteiger partial charge < -0.3 is 15.2 Å². The molecule has 0 fully saturated rings. The molecule has 7 heteroatoms. The van der Waals surface area contributed by atoms with E-state index in [4.69, 9.17) is 0 Å². The Hall–Kier alpha value is -2.70. The summed E-state index contributed by atoms with van der Waals surface area (Å²) in [5.74, 6) is -1.63. The second kappa shape index (κ2) is 6.38. The average molecular weight is 302 g/mol. The second-order valence-corrected chi connectivity index (χ2v) is 5.34. The number of benzene rings is 1. The van der Waals surface area contributed by atoms with Crippen LogP contribution in [0.4, 0.5) is 0 Å². The smallest absolute Gasteiger partial charge is 0.275 e. The van der Waals surface area contributed by atoms with E-state index < -0.39 is 17.4 Å². The number of hydrogen-bond donors (Lipinski definition) is 1. The topological polar surface area (TPSA) is 104 Å². The second-order valence-electron chi connectivity index (χ2n) is 5.34. The number of nitrogens with one attached hydrogen (secondary N) is 1. The van der Waals surface area contributed by atoms with Gasteiger partial charge in [-0.05, 0) is 12.0 Å². The van der Waals surface area contributed by atoms with Crippen molar-refractivity contribution in [3.05, 3.63) is 40.3 Å². The Kier molecular flexibility index (Phi) is 4.55. The summed E-state index contributed by atoms with van der Waals surface area (Å²) < 4.78 is 0.850. The van der Waals surface area contributed by atoms with Crippen LogP contribution in [0.25, 0.3) is 10.8 Å². The van der Waals surface area contributed by atoms with Crippen LogP contribution in [-0.4, -0.2) is 28.2 Å². The SMILES string of the molecule is CC(C)CNC(=O)Cn1nc(C(=O)[O-])c2ccccc2c1=O. The minimum atomic E-state index is -1.49. The quantitative estimate of drug-likeness (QED) is 0.804. The van der Waals surface area contributed by atoms with Crippen molar-refractivity contribution in [3.63, 3.8) is 0 Å². The van der Waals surface area contributed by atoms with Crippen molar-refractivity contribution in [2.75, 3.05) is 6.54 Å². The number of carboxylic acids is 1. The maximum atomic E-state index is 12.3. The highest BCUT2D eigenvalue weighted by Crippen LogP contribution is 2.12. The highest BCUT2D eigenvalue weighted by Gasteiger charge is 2.13. The first-order valence-corrected chi connectivity index (χ1v) is 6.88. The van der Waals surface area contributed by atoms with Gasteiger partial charge in [0.05, 0.1) is 11.4 Å². The third kappa shape index (κ3) is 3.30. The van der Waals surface area contributed by atoms with Gasteiger partial charge in [-0.25, -0.2) is 4.68 Å². The fraction of sp³-hybridized carbons (Fsp3) is 0.333. The number of carboxylic acid groups (broad SMARTS) is 1. The van der Waals surface area contributed by atoms with Gasteiger partial charge in [0.25, 0.3) is 5.56 Å². The normalized spacial score (nSPS) is 10.9. The Morgan fingerprint density at radius 1 is 1.27 bits per heavy atom. The van der Waals surface area contributed by atoms with Crippen LogP contribution in [0.1, 0.15) is 24.3 Å². The Bertz CT molecular complexity index is 780. The molecule has 1 aromatic carbocycles. The standard InChI is InChI=1S/C15H17N3O4/c1-9(2)7-16-12(19)8-18-14(20)11-6-4-3-5-10(11)13(17-18)15(21)22/h3-6,9H,7-8H2,1-2H3,(H,16,19)(H,21,22)/p-1. The van der Waals surface area contributed by atoms with Crippen LogP contribution in [0.3, 0.4) is 0 Å². The molecule has 0 aliphatic rings. The van der Waals surface area contributed by atoms with Crippen molar-refractivity contribution in [2.45, 2.75) is 20.4 Å². The number of hydrogen-bond acceptors (Lipinski definition) is 5. The van der Waals surface area contributed by atoms with E-state index in [0.29, 0.717) is 6.54 Å². The predicted molar refractivity (Wildman–Crippen MR) is 78.2 cm³/mol. The molecule has 0 saturated heterocycles. The molecule has 0 aliphatic carbocycles. The lowest BCUT2D eigenvalue weighted by Gasteiger charge is -2.12. The maximum absolute atomic E-state index is 12.3. The lowest BCUT2D eigenvalue weighted by molar-refractivity contribution is -0.255. The lowest BCUT2D eigenvalue weighted by atomic mass is 10.1. The van der Waals surface area contributed by atoms with E-state index in [-0.39, 0.29) is 28.9 Å². The fourth-order valence-electron chi connectivity index (χ4n) is 2.00. The molecule has 1 amide bonds. The summed E-state index contributed by atoms with van der Waals surface area (Å²) in [6, 6.07) is 6.20. The van der Waals surface area contributed by atoms with Crippen molar-refractivity contribution < 1.29 is 14.7 Å². The van der Waals surface area contributed by atoms with E-state index in [1.807, 2.05) is 13.8 Å². The van der Waals surface area contributed by atoms with Crippen molar-refractivity contribution in [2.24, 2.45) is 5.92 Å². The summed E-state index contributed by atoms with van der Waals surface area (Å²) in [5.41, 5.74) is -0.868. The van der Waals surface area contributed by atoms with Gasteiger partial charge in [0, 0.05) is 11.9 Å². The molecule has 7 nitrogen and oxygen atoms in total. The Labute approximate surface area is 126 Å². The van der Waals surface area contributed by atoms with Gasteiger partial charge >= 0.3 is 0 Å². The van der Waals surface area contributed by atoms with Gasteiger partial charge in [0.15, 0.2) is 0 Å². The molecule has 0 unspecified atom stereocenters. The van der Waals surface area contributed by atoms with Gasteiger partial charge in [0.1, 0.15) is 12.2 Å². The van der Waals surface area contributed by atoms with Crippen LogP contribution in [0.15, 0.2) is 29.1 Å². The van der Waals surface area contributed by atoms with Crippen LogP contribution >= 0.6 is 0 Å². The minimum absolute atomic E-state index is 0.188. The zero-order chi connectivity index (χ0) is 16.3. The average Bonchev–Trinajstić information content (AvgIpc) is 2.47. The molecular weight excluding hydrogens is 286 g/mol. The Balaban J connectivity index is 2.42. The van der Waals surface area contributed by atoms with Crippen molar-refractivity contribution in [3.8, 4) is 0 Å². The molecule has 0 aliphatic heterocycles. The maximum Gasteiger partial charge on any atom is 0.275 e. The summed E-state index contributed by atoms with van der Waals surface area (Å²) in [5, 5.41) is 18.0. The van der Waals surface area contributed by atoms with E-state index in [0.717, 1.165) is 4.68 Å².